The Morgan fingerprint density at radius 1 is 0.793 bits per heavy atom. The average molecular weight is 870 g/mol. The van der Waals surface area contributed by atoms with Crippen LogP contribution in [-0.2, 0) is 42.4 Å². The van der Waals surface area contributed by atoms with Crippen LogP contribution in [0.4, 0.5) is 0 Å². The van der Waals surface area contributed by atoms with E-state index >= 15 is 0 Å². The number of ether oxygens (including phenoxy) is 2. The topological polar surface area (TPSA) is 212 Å². The molecule has 14 nitrogen and oxygen atoms in total. The van der Waals surface area contributed by atoms with E-state index in [9.17, 15) is 30.2 Å². The van der Waals surface area contributed by atoms with Gasteiger partial charge in [-0.15, -0.1) is 0 Å². The maximum Gasteiger partial charge on any atom is 0.323 e. The number of carboxylic acid groups (broad SMARTS) is 2. The summed E-state index contributed by atoms with van der Waals surface area (Å²) in [6.07, 6.45) is 4.86. The van der Waals surface area contributed by atoms with Gasteiger partial charge in [-0.1, -0.05) is 66.2 Å². The van der Waals surface area contributed by atoms with Crippen LogP contribution in [-0.4, -0.2) is 72.4 Å². The Kier molecular flexibility index (Phi) is 14.1. The van der Waals surface area contributed by atoms with Crippen molar-refractivity contribution >= 4 is 50.4 Å². The number of nitriles is 1. The molecule has 0 aliphatic carbocycles. The number of benzene rings is 4. The maximum absolute atomic E-state index is 11.5. The molecule has 4 aromatic carbocycles. The van der Waals surface area contributed by atoms with E-state index in [2.05, 4.69) is 37.6 Å². The van der Waals surface area contributed by atoms with Crippen LogP contribution < -0.4 is 20.1 Å². The van der Waals surface area contributed by atoms with E-state index in [1.807, 2.05) is 71.5 Å². The summed E-state index contributed by atoms with van der Waals surface area (Å²) in [7, 11) is 0. The third-order valence-electron chi connectivity index (χ3n) is 9.28. The van der Waals surface area contributed by atoms with E-state index in [0.717, 1.165) is 43.2 Å². The smallest absolute Gasteiger partial charge is 0.323 e. The first-order valence-corrected chi connectivity index (χ1v) is 19.1. The first-order chi connectivity index (χ1) is 28.1. The highest BCUT2D eigenvalue weighted by atomic mass is 79.9. The van der Waals surface area contributed by atoms with Gasteiger partial charge in [-0.2, -0.15) is 10.4 Å². The van der Waals surface area contributed by atoms with Crippen LogP contribution in [0.3, 0.4) is 0 Å². The quantitative estimate of drug-likeness (QED) is 0.0581. The number of aliphatic hydroxyl groups is 2. The number of halogens is 2. The summed E-state index contributed by atoms with van der Waals surface area (Å²) in [4.78, 5) is 26.8. The van der Waals surface area contributed by atoms with E-state index in [1.54, 1.807) is 24.4 Å². The van der Waals surface area contributed by atoms with E-state index in [-0.39, 0.29) is 24.8 Å². The molecule has 0 spiro atoms. The molecule has 0 aliphatic heterocycles. The van der Waals surface area contributed by atoms with Gasteiger partial charge < -0.3 is 29.9 Å². The van der Waals surface area contributed by atoms with Crippen LogP contribution in [0.15, 0.2) is 102 Å². The van der Waals surface area contributed by atoms with Crippen molar-refractivity contribution in [2.24, 2.45) is 0 Å². The summed E-state index contributed by atoms with van der Waals surface area (Å²) in [5.41, 5.74) is 7.09. The zero-order chi connectivity index (χ0) is 41.2. The predicted octanol–water partition coefficient (Wildman–Crippen LogP) is 5.66. The van der Waals surface area contributed by atoms with E-state index in [4.69, 9.17) is 31.3 Å². The van der Waals surface area contributed by atoms with Crippen molar-refractivity contribution in [1.82, 2.24) is 25.4 Å². The zero-order valence-corrected chi connectivity index (χ0v) is 33.2. The first-order valence-electron chi connectivity index (χ1n) is 17.9. The van der Waals surface area contributed by atoms with Gasteiger partial charge in [-0.25, -0.2) is 0 Å². The molecule has 6 rings (SSSR count). The van der Waals surface area contributed by atoms with Gasteiger partial charge in [0.25, 0.3) is 0 Å². The molecule has 0 unspecified atom stereocenters. The first kappa shape index (κ1) is 41.8. The third kappa shape index (κ3) is 10.2. The standard InChI is InChI=1S/C42H38BrClN6O8/c43-40-29(24-58-39-13-38(57-23-28-11-27(14-45)15-46-16-28)30(12-34(39)44)18-48-36(22-52)42(55)56)3-1-5-32(40)31-4-2-6-37-33(31)19-49-50(37)20-26-9-7-25(8-10-26)17-47-35(21-51)41(53)54/h1-13,15-16,19,35-36,47-48,51-52H,17-18,20-24H2,(H,53,54)(H,55,56)/t35-,36-/m0/s1. The fourth-order valence-electron chi connectivity index (χ4n) is 6.14. The van der Waals surface area contributed by atoms with Crippen LogP contribution in [0.5, 0.6) is 11.5 Å². The van der Waals surface area contributed by atoms with Crippen molar-refractivity contribution in [3.63, 3.8) is 0 Å². The molecule has 0 fully saturated rings. The molecule has 0 bridgehead atoms. The fourth-order valence-corrected chi connectivity index (χ4v) is 6.97. The van der Waals surface area contributed by atoms with Crippen LogP contribution in [0.2, 0.25) is 5.02 Å². The minimum absolute atomic E-state index is 0.0196. The Balaban J connectivity index is 1.19. The van der Waals surface area contributed by atoms with Gasteiger partial charge in [-0.05, 0) is 56.4 Å². The Morgan fingerprint density at radius 3 is 2.17 bits per heavy atom. The summed E-state index contributed by atoms with van der Waals surface area (Å²) in [5.74, 6) is -1.64. The Bertz CT molecular complexity index is 2460. The van der Waals surface area contributed by atoms with E-state index in [1.165, 1.54) is 6.20 Å². The zero-order valence-electron chi connectivity index (χ0n) is 30.8. The van der Waals surface area contributed by atoms with Gasteiger partial charge >= 0.3 is 11.9 Å². The van der Waals surface area contributed by atoms with Crippen molar-refractivity contribution in [2.75, 3.05) is 13.2 Å². The number of rotatable bonds is 19. The number of aliphatic carboxylic acids is 2. The molecule has 6 aromatic rings. The summed E-state index contributed by atoms with van der Waals surface area (Å²) >= 11 is 10.5. The number of aromatic nitrogens is 3. The van der Waals surface area contributed by atoms with Gasteiger partial charge in [0.05, 0.1) is 42.1 Å². The Morgan fingerprint density at radius 2 is 1.47 bits per heavy atom. The molecule has 0 radical (unpaired) electrons. The van der Waals surface area contributed by atoms with Crippen molar-refractivity contribution in [2.45, 2.75) is 44.9 Å². The SMILES string of the molecule is N#Cc1cncc(COc2cc(OCc3cccc(-c4cccc5c4cnn5Cc4ccc(CN[C@@H](CO)C(=O)O)cc4)c3Br)c(Cl)cc2CN[C@@H](CO)C(=O)O)c1. The monoisotopic (exact) mass is 868 g/mol. The summed E-state index contributed by atoms with van der Waals surface area (Å²) < 4.78 is 15.1. The number of carbonyl (C=O) groups is 2. The highest BCUT2D eigenvalue weighted by Gasteiger charge is 2.20. The second-order valence-corrected chi connectivity index (χ2v) is 14.4. The normalized spacial score (nSPS) is 12.2. The van der Waals surface area contributed by atoms with Crippen molar-refractivity contribution in [3.8, 4) is 28.7 Å². The molecule has 2 heterocycles. The van der Waals surface area contributed by atoms with E-state index in [0.29, 0.717) is 41.3 Å². The minimum Gasteiger partial charge on any atom is -0.488 e. The molecule has 2 atom stereocenters. The summed E-state index contributed by atoms with van der Waals surface area (Å²) in [6.45, 7) is -0.0903. The largest absolute Gasteiger partial charge is 0.488 e. The predicted molar refractivity (Wildman–Crippen MR) is 218 cm³/mol. The Hall–Kier alpha value is -5.86. The number of pyridine rings is 1. The van der Waals surface area contributed by atoms with Crippen LogP contribution in [0.1, 0.15) is 33.4 Å². The van der Waals surface area contributed by atoms with Crippen LogP contribution >= 0.6 is 27.5 Å². The van der Waals surface area contributed by atoms with Gasteiger partial charge in [-0.3, -0.25) is 29.9 Å². The Labute approximate surface area is 346 Å². The number of aliphatic hydroxyl groups excluding tert-OH is 2. The van der Waals surface area contributed by atoms with Crippen LogP contribution in [0.25, 0.3) is 22.0 Å². The number of nitrogens with one attached hydrogen (secondary N) is 2. The second-order valence-electron chi connectivity index (χ2n) is 13.2. The van der Waals surface area contributed by atoms with Crippen molar-refractivity contribution < 1.29 is 39.5 Å². The number of hydrogen-bond acceptors (Lipinski definition) is 11. The molecule has 0 amide bonds. The molecule has 0 saturated carbocycles. The van der Waals surface area contributed by atoms with Gasteiger partial charge in [0.2, 0.25) is 0 Å². The molecule has 16 heteroatoms. The van der Waals surface area contributed by atoms with Gasteiger partial charge in [0.15, 0.2) is 0 Å². The fraction of sp³-hybridized carbons (Fsp3) is 0.214. The number of hydrogen-bond donors (Lipinski definition) is 6. The maximum atomic E-state index is 11.5. The summed E-state index contributed by atoms with van der Waals surface area (Å²) in [5, 5.41) is 58.2. The molecule has 58 heavy (non-hydrogen) atoms. The molecular formula is C42H38BrClN6O8. The van der Waals surface area contributed by atoms with Crippen molar-refractivity contribution in [1.29, 1.82) is 5.26 Å². The molecular weight excluding hydrogens is 832 g/mol. The molecule has 2 aromatic heterocycles. The lowest BCUT2D eigenvalue weighted by molar-refractivity contribution is -0.141. The minimum atomic E-state index is -1.21. The van der Waals surface area contributed by atoms with Gasteiger partial charge in [0.1, 0.15) is 42.9 Å². The third-order valence-corrected chi connectivity index (χ3v) is 10.5. The second kappa shape index (κ2) is 19.5. The van der Waals surface area contributed by atoms with Crippen LogP contribution in [0, 0.1) is 11.3 Å². The lowest BCUT2D eigenvalue weighted by Gasteiger charge is -2.18. The van der Waals surface area contributed by atoms with E-state index < -0.39 is 37.2 Å². The molecule has 0 saturated heterocycles. The summed E-state index contributed by atoms with van der Waals surface area (Å²) in [6, 6.07) is 24.4. The lowest BCUT2D eigenvalue weighted by Crippen LogP contribution is -2.39. The molecule has 0 aliphatic rings. The highest BCUT2D eigenvalue weighted by Crippen LogP contribution is 2.38. The van der Waals surface area contributed by atoms with Gasteiger partial charge in [0, 0.05) is 58.1 Å². The highest BCUT2D eigenvalue weighted by molar-refractivity contribution is 9.10. The molecule has 6 N–H and O–H groups in total. The average Bonchev–Trinajstić information content (AvgIpc) is 3.64. The lowest BCUT2D eigenvalue weighted by atomic mass is 10.00. The molecule has 298 valence electrons. The number of nitrogens with zero attached hydrogens (tertiary/aromatic N) is 4. The van der Waals surface area contributed by atoms with Crippen molar-refractivity contribution in [3.05, 3.63) is 140 Å². The number of carboxylic acids is 2. The number of fused-ring (bicyclic) bond motifs is 1.